The molecule has 3 N–H and O–H groups in total. The highest BCUT2D eigenvalue weighted by Gasteiger charge is 2.38. The molecule has 116 valence electrons. The first-order chi connectivity index (χ1) is 10.3. The van der Waals surface area contributed by atoms with Crippen molar-refractivity contribution in [3.63, 3.8) is 0 Å². The van der Waals surface area contributed by atoms with Crippen molar-refractivity contribution < 1.29 is 8.42 Å². The van der Waals surface area contributed by atoms with Gasteiger partial charge in [-0.05, 0) is 24.1 Å². The maximum Gasteiger partial charge on any atom is 0.261 e. The van der Waals surface area contributed by atoms with E-state index in [1.165, 1.54) is 12.1 Å². The second-order valence-electron chi connectivity index (χ2n) is 5.03. The lowest BCUT2D eigenvalue weighted by Crippen LogP contribution is -2.08. The summed E-state index contributed by atoms with van der Waals surface area (Å²) in [5, 5.41) is 3.51. The molecule has 0 amide bonds. The first-order valence-electron chi connectivity index (χ1n) is 6.44. The Labute approximate surface area is 137 Å². The fourth-order valence-corrected chi connectivity index (χ4v) is 3.26. The number of rotatable bonds is 4. The molecule has 0 radical (unpaired) electrons. The van der Waals surface area contributed by atoms with Crippen molar-refractivity contribution in [2.24, 2.45) is 0 Å². The smallest absolute Gasteiger partial charge is 0.261 e. The van der Waals surface area contributed by atoms with Gasteiger partial charge in [-0.2, -0.15) is 4.98 Å². The molecule has 0 spiro atoms. The number of benzene rings is 1. The fraction of sp³-hybridized carbons (Fsp3) is 0.231. The van der Waals surface area contributed by atoms with Gasteiger partial charge in [-0.1, -0.05) is 23.7 Å². The van der Waals surface area contributed by atoms with Gasteiger partial charge in [0.05, 0.1) is 4.90 Å². The van der Waals surface area contributed by atoms with Crippen LogP contribution in [0.2, 0.25) is 5.15 Å². The highest BCUT2D eigenvalue weighted by molar-refractivity contribution is 8.13. The van der Waals surface area contributed by atoms with E-state index in [-0.39, 0.29) is 28.0 Å². The van der Waals surface area contributed by atoms with Gasteiger partial charge < -0.3 is 11.1 Å². The third kappa shape index (κ3) is 3.43. The quantitative estimate of drug-likeness (QED) is 0.643. The Bertz CT molecular complexity index is 791. The normalized spacial score (nSPS) is 20.6. The third-order valence-electron chi connectivity index (χ3n) is 3.43. The zero-order valence-corrected chi connectivity index (χ0v) is 13.5. The molecule has 3 rings (SSSR count). The molecule has 9 heteroatoms. The van der Waals surface area contributed by atoms with Crippen LogP contribution in [-0.2, 0) is 9.05 Å². The van der Waals surface area contributed by atoms with Crippen LogP contribution in [0.15, 0.2) is 35.2 Å². The molecule has 0 aliphatic heterocycles. The SMILES string of the molecule is Nc1nc(Cl)cc(N[C@H]2C[C@@H]2c2ccc(S(=O)(=O)Cl)cc2)n1. The summed E-state index contributed by atoms with van der Waals surface area (Å²) in [6, 6.07) is 8.35. The van der Waals surface area contributed by atoms with Gasteiger partial charge in [0.2, 0.25) is 5.95 Å². The molecule has 1 aliphatic carbocycles. The topological polar surface area (TPSA) is 98.0 Å². The van der Waals surface area contributed by atoms with Crippen molar-refractivity contribution in [3.05, 3.63) is 41.0 Å². The zero-order valence-electron chi connectivity index (χ0n) is 11.2. The van der Waals surface area contributed by atoms with Crippen molar-refractivity contribution >= 4 is 43.1 Å². The molecule has 2 aromatic rings. The number of nitrogen functional groups attached to an aromatic ring is 1. The Balaban J connectivity index is 1.69. The number of hydrogen-bond donors (Lipinski definition) is 2. The number of anilines is 2. The van der Waals surface area contributed by atoms with Crippen LogP contribution in [0.4, 0.5) is 11.8 Å². The number of nitrogens with one attached hydrogen (secondary N) is 1. The van der Waals surface area contributed by atoms with Gasteiger partial charge in [-0.15, -0.1) is 0 Å². The molecule has 1 aliphatic rings. The standard InChI is InChI=1S/C13H12Cl2N4O2S/c14-11-6-12(19-13(16)18-11)17-10-5-9(10)7-1-3-8(4-2-7)22(15,20)21/h1-4,6,9-10H,5H2,(H3,16,17,18,19)/t9-,10+/m1/s1. The highest BCUT2D eigenvalue weighted by Crippen LogP contribution is 2.43. The Hall–Kier alpha value is -1.57. The molecule has 0 saturated heterocycles. The van der Waals surface area contributed by atoms with Gasteiger partial charge in [0.15, 0.2) is 0 Å². The summed E-state index contributed by atoms with van der Waals surface area (Å²) < 4.78 is 22.4. The van der Waals surface area contributed by atoms with Gasteiger partial charge in [0.1, 0.15) is 11.0 Å². The summed E-state index contributed by atoms with van der Waals surface area (Å²) in [5.74, 6) is 0.968. The molecule has 0 unspecified atom stereocenters. The third-order valence-corrected chi connectivity index (χ3v) is 4.99. The van der Waals surface area contributed by atoms with E-state index in [4.69, 9.17) is 28.0 Å². The van der Waals surface area contributed by atoms with Gasteiger partial charge in [-0.3, -0.25) is 0 Å². The maximum atomic E-state index is 11.2. The van der Waals surface area contributed by atoms with Crippen LogP contribution in [-0.4, -0.2) is 24.4 Å². The Morgan fingerprint density at radius 2 is 1.91 bits per heavy atom. The molecule has 22 heavy (non-hydrogen) atoms. The van der Waals surface area contributed by atoms with E-state index in [0.29, 0.717) is 5.82 Å². The van der Waals surface area contributed by atoms with Crippen molar-refractivity contribution in [1.82, 2.24) is 9.97 Å². The van der Waals surface area contributed by atoms with Crippen LogP contribution in [0.5, 0.6) is 0 Å². The van der Waals surface area contributed by atoms with Crippen LogP contribution in [0.1, 0.15) is 17.9 Å². The predicted molar refractivity (Wildman–Crippen MR) is 85.7 cm³/mol. The summed E-state index contributed by atoms with van der Waals surface area (Å²) in [6.07, 6.45) is 0.911. The highest BCUT2D eigenvalue weighted by atomic mass is 35.7. The van der Waals surface area contributed by atoms with E-state index < -0.39 is 9.05 Å². The molecule has 1 heterocycles. The largest absolute Gasteiger partial charge is 0.368 e. The Morgan fingerprint density at radius 3 is 2.50 bits per heavy atom. The number of hydrogen-bond acceptors (Lipinski definition) is 6. The lowest BCUT2D eigenvalue weighted by molar-refractivity contribution is 0.609. The summed E-state index contributed by atoms with van der Waals surface area (Å²) in [7, 11) is 1.61. The molecule has 1 aromatic heterocycles. The zero-order chi connectivity index (χ0) is 15.9. The lowest BCUT2D eigenvalue weighted by atomic mass is 10.1. The van der Waals surface area contributed by atoms with E-state index in [2.05, 4.69) is 15.3 Å². The van der Waals surface area contributed by atoms with Crippen LogP contribution < -0.4 is 11.1 Å². The molecular weight excluding hydrogens is 347 g/mol. The lowest BCUT2D eigenvalue weighted by Gasteiger charge is -2.06. The van der Waals surface area contributed by atoms with E-state index >= 15 is 0 Å². The van der Waals surface area contributed by atoms with Gasteiger partial charge in [0.25, 0.3) is 9.05 Å². The van der Waals surface area contributed by atoms with E-state index in [0.717, 1.165) is 12.0 Å². The minimum atomic E-state index is -3.69. The molecular formula is C13H12Cl2N4O2S. The van der Waals surface area contributed by atoms with Crippen molar-refractivity contribution in [2.45, 2.75) is 23.3 Å². The van der Waals surface area contributed by atoms with Crippen LogP contribution in [0, 0.1) is 0 Å². The van der Waals surface area contributed by atoms with Gasteiger partial charge in [0, 0.05) is 28.7 Å². The first kappa shape index (κ1) is 15.3. The van der Waals surface area contributed by atoms with Crippen molar-refractivity contribution in [3.8, 4) is 0 Å². The number of nitrogens with two attached hydrogens (primary N) is 1. The van der Waals surface area contributed by atoms with Crippen LogP contribution in [0.3, 0.4) is 0 Å². The predicted octanol–water partition coefficient (Wildman–Crippen LogP) is 2.61. The van der Waals surface area contributed by atoms with Crippen molar-refractivity contribution in [1.29, 1.82) is 0 Å². The number of halogens is 2. The van der Waals surface area contributed by atoms with Gasteiger partial charge in [-0.25, -0.2) is 13.4 Å². The Morgan fingerprint density at radius 1 is 1.23 bits per heavy atom. The second kappa shape index (κ2) is 5.57. The average Bonchev–Trinajstić information content (AvgIpc) is 3.16. The van der Waals surface area contributed by atoms with Crippen LogP contribution >= 0.6 is 22.3 Å². The molecule has 1 aromatic carbocycles. The summed E-state index contributed by atoms with van der Waals surface area (Å²) >= 11 is 5.83. The van der Waals surface area contributed by atoms with Crippen molar-refractivity contribution in [2.75, 3.05) is 11.1 Å². The molecule has 2 atom stereocenters. The molecule has 0 bridgehead atoms. The summed E-state index contributed by atoms with van der Waals surface area (Å²) in [6.45, 7) is 0. The monoisotopic (exact) mass is 358 g/mol. The maximum absolute atomic E-state index is 11.2. The number of nitrogens with zero attached hydrogens (tertiary/aromatic N) is 2. The fourth-order valence-electron chi connectivity index (χ4n) is 2.30. The van der Waals surface area contributed by atoms with Gasteiger partial charge >= 0.3 is 0 Å². The first-order valence-corrected chi connectivity index (χ1v) is 9.13. The minimum Gasteiger partial charge on any atom is -0.368 e. The Kier molecular flexibility index (Phi) is 3.88. The minimum absolute atomic E-state index is 0.0958. The number of aromatic nitrogens is 2. The van der Waals surface area contributed by atoms with E-state index in [1.54, 1.807) is 18.2 Å². The molecule has 6 nitrogen and oxygen atoms in total. The summed E-state index contributed by atoms with van der Waals surface area (Å²) in [5.41, 5.74) is 6.58. The molecule has 1 fully saturated rings. The molecule has 1 saturated carbocycles. The second-order valence-corrected chi connectivity index (χ2v) is 7.99. The van der Waals surface area contributed by atoms with E-state index in [9.17, 15) is 8.42 Å². The van der Waals surface area contributed by atoms with E-state index in [1.807, 2.05) is 0 Å². The average molecular weight is 359 g/mol. The summed E-state index contributed by atoms with van der Waals surface area (Å²) in [4.78, 5) is 7.95. The van der Waals surface area contributed by atoms with Crippen LogP contribution in [0.25, 0.3) is 0 Å².